The van der Waals surface area contributed by atoms with Crippen molar-refractivity contribution in [1.29, 1.82) is 0 Å². The lowest BCUT2D eigenvalue weighted by Crippen LogP contribution is -2.49. The second-order valence-electron chi connectivity index (χ2n) is 3.53. The predicted octanol–water partition coefficient (Wildman–Crippen LogP) is 1.65. The molecule has 0 fully saturated rings. The number of pyridine rings is 1. The molecule has 0 saturated carbocycles. The Morgan fingerprint density at radius 1 is 1.53 bits per heavy atom. The molecule has 0 amide bonds. The van der Waals surface area contributed by atoms with E-state index in [1.807, 2.05) is 0 Å². The number of aliphatic hydroxyl groups is 1. The van der Waals surface area contributed by atoms with Crippen LogP contribution < -0.4 is 5.32 Å². The third-order valence-corrected chi connectivity index (χ3v) is 2.63. The van der Waals surface area contributed by atoms with Gasteiger partial charge < -0.3 is 10.4 Å². The van der Waals surface area contributed by atoms with Gasteiger partial charge in [0.15, 0.2) is 0 Å². The van der Waals surface area contributed by atoms with Crippen molar-refractivity contribution in [3.8, 4) is 0 Å². The summed E-state index contributed by atoms with van der Waals surface area (Å²) in [6.45, 7) is 1.27. The van der Waals surface area contributed by atoms with Crippen LogP contribution in [0.3, 0.4) is 0 Å². The van der Waals surface area contributed by atoms with Crippen LogP contribution in [-0.4, -0.2) is 22.3 Å². The highest BCUT2D eigenvalue weighted by atomic mass is 19.4. The van der Waals surface area contributed by atoms with E-state index in [-0.39, 0.29) is 11.4 Å². The van der Waals surface area contributed by atoms with Crippen molar-refractivity contribution in [2.24, 2.45) is 0 Å². The Bertz CT molecular complexity index is 393. The quantitative estimate of drug-likeness (QED) is 0.695. The summed E-state index contributed by atoms with van der Waals surface area (Å²) in [6.07, 6.45) is -3.34. The van der Waals surface area contributed by atoms with Crippen molar-refractivity contribution < 1.29 is 18.3 Å². The first kappa shape index (κ1) is 10.2. The van der Waals surface area contributed by atoms with Crippen LogP contribution in [0.4, 0.5) is 19.0 Å². The Morgan fingerprint density at radius 3 is 2.80 bits per heavy atom. The fourth-order valence-electron chi connectivity index (χ4n) is 1.77. The van der Waals surface area contributed by atoms with Gasteiger partial charge in [0, 0.05) is 11.8 Å². The lowest BCUT2D eigenvalue weighted by molar-refractivity contribution is -0.267. The van der Waals surface area contributed by atoms with Gasteiger partial charge in [0.25, 0.3) is 0 Å². The number of halogens is 3. The Hall–Kier alpha value is -1.30. The predicted molar refractivity (Wildman–Crippen MR) is 47.3 cm³/mol. The molecule has 1 aromatic rings. The van der Waals surface area contributed by atoms with Gasteiger partial charge in [0.1, 0.15) is 5.82 Å². The van der Waals surface area contributed by atoms with E-state index >= 15 is 0 Å². The molecule has 0 aliphatic carbocycles. The summed E-state index contributed by atoms with van der Waals surface area (Å²) in [5.41, 5.74) is -3.07. The van der Waals surface area contributed by atoms with Crippen molar-refractivity contribution in [2.45, 2.75) is 24.7 Å². The van der Waals surface area contributed by atoms with Crippen molar-refractivity contribution >= 4 is 5.82 Å². The molecule has 0 aromatic carbocycles. The molecule has 1 aromatic heterocycles. The second-order valence-corrected chi connectivity index (χ2v) is 3.53. The number of aromatic nitrogens is 1. The molecule has 6 heteroatoms. The van der Waals surface area contributed by atoms with E-state index in [0.717, 1.165) is 0 Å². The van der Waals surface area contributed by atoms with Crippen molar-refractivity contribution in [1.82, 2.24) is 4.98 Å². The Labute approximate surface area is 83.9 Å². The zero-order valence-electron chi connectivity index (χ0n) is 7.84. The van der Waals surface area contributed by atoms with E-state index in [1.165, 1.54) is 25.3 Å². The summed E-state index contributed by atoms with van der Waals surface area (Å²) in [4.78, 5) is 3.75. The maximum Gasteiger partial charge on any atom is 0.423 e. The van der Waals surface area contributed by atoms with E-state index in [2.05, 4.69) is 10.3 Å². The molecule has 2 heterocycles. The summed E-state index contributed by atoms with van der Waals surface area (Å²) < 4.78 is 38.3. The van der Waals surface area contributed by atoms with Gasteiger partial charge in [0.2, 0.25) is 5.60 Å². The topological polar surface area (TPSA) is 45.2 Å². The minimum Gasteiger partial charge on any atom is -0.375 e. The van der Waals surface area contributed by atoms with Crippen molar-refractivity contribution in [3.05, 3.63) is 23.9 Å². The lowest BCUT2D eigenvalue weighted by Gasteiger charge is -2.29. The molecular weight excluding hydrogens is 209 g/mol. The van der Waals surface area contributed by atoms with E-state index < -0.39 is 17.8 Å². The largest absolute Gasteiger partial charge is 0.423 e. The highest BCUT2D eigenvalue weighted by Crippen LogP contribution is 2.48. The minimum absolute atomic E-state index is 0.0878. The van der Waals surface area contributed by atoms with Gasteiger partial charge in [-0.15, -0.1) is 0 Å². The number of nitrogens with one attached hydrogen (secondary N) is 1. The van der Waals surface area contributed by atoms with Crippen LogP contribution in [0, 0.1) is 0 Å². The van der Waals surface area contributed by atoms with Gasteiger partial charge in [-0.3, -0.25) is 0 Å². The fraction of sp³-hybridized carbons (Fsp3) is 0.444. The van der Waals surface area contributed by atoms with Gasteiger partial charge in [0.05, 0.1) is 6.04 Å². The average molecular weight is 218 g/mol. The highest BCUT2D eigenvalue weighted by molar-refractivity contribution is 5.56. The van der Waals surface area contributed by atoms with E-state index in [4.69, 9.17) is 0 Å². The summed E-state index contributed by atoms with van der Waals surface area (Å²) in [7, 11) is 0. The summed E-state index contributed by atoms with van der Waals surface area (Å²) >= 11 is 0. The Morgan fingerprint density at radius 2 is 2.20 bits per heavy atom. The first-order valence-electron chi connectivity index (χ1n) is 4.38. The number of fused-ring (bicyclic) bond motifs is 1. The van der Waals surface area contributed by atoms with Crippen LogP contribution in [0.25, 0.3) is 0 Å². The molecule has 0 spiro atoms. The molecule has 2 atom stereocenters. The molecule has 0 saturated heterocycles. The van der Waals surface area contributed by atoms with Gasteiger partial charge in [-0.1, -0.05) is 6.07 Å². The minimum atomic E-state index is -4.71. The molecule has 15 heavy (non-hydrogen) atoms. The fourth-order valence-corrected chi connectivity index (χ4v) is 1.77. The summed E-state index contributed by atoms with van der Waals surface area (Å²) in [5, 5.41) is 12.2. The Balaban J connectivity index is 2.59. The first-order chi connectivity index (χ1) is 6.87. The van der Waals surface area contributed by atoms with Crippen LogP contribution >= 0.6 is 0 Å². The molecule has 2 rings (SSSR count). The number of hydrogen-bond donors (Lipinski definition) is 2. The number of anilines is 1. The molecule has 2 N–H and O–H groups in total. The van der Waals surface area contributed by atoms with Gasteiger partial charge in [-0.2, -0.15) is 13.2 Å². The van der Waals surface area contributed by atoms with E-state index in [9.17, 15) is 18.3 Å². The number of alkyl halides is 3. The zero-order valence-corrected chi connectivity index (χ0v) is 7.84. The highest BCUT2D eigenvalue weighted by Gasteiger charge is 2.62. The van der Waals surface area contributed by atoms with E-state index in [0.29, 0.717) is 0 Å². The Kier molecular flexibility index (Phi) is 1.94. The average Bonchev–Trinajstić information content (AvgIpc) is 2.40. The maximum absolute atomic E-state index is 12.8. The molecule has 0 radical (unpaired) electrons. The van der Waals surface area contributed by atoms with Crippen molar-refractivity contribution in [2.75, 3.05) is 5.32 Å². The molecule has 0 bridgehead atoms. The number of nitrogens with zero attached hydrogens (tertiary/aromatic N) is 1. The van der Waals surface area contributed by atoms with E-state index in [1.54, 1.807) is 0 Å². The van der Waals surface area contributed by atoms with Crippen LogP contribution in [0.15, 0.2) is 18.3 Å². The number of hydrogen-bond acceptors (Lipinski definition) is 3. The zero-order chi connectivity index (χ0) is 11.3. The molecular formula is C9H9F3N2O. The summed E-state index contributed by atoms with van der Waals surface area (Å²) in [6, 6.07) is 1.46. The lowest BCUT2D eigenvalue weighted by atomic mass is 9.91. The van der Waals surface area contributed by atoms with Crippen LogP contribution in [0.5, 0.6) is 0 Å². The molecule has 2 unspecified atom stereocenters. The normalized spacial score (nSPS) is 29.8. The van der Waals surface area contributed by atoms with Gasteiger partial charge in [-0.25, -0.2) is 4.98 Å². The molecule has 1 aliphatic heterocycles. The van der Waals surface area contributed by atoms with Gasteiger partial charge in [-0.05, 0) is 13.0 Å². The smallest absolute Gasteiger partial charge is 0.375 e. The third-order valence-electron chi connectivity index (χ3n) is 2.63. The molecule has 82 valence electrons. The second kappa shape index (κ2) is 2.85. The van der Waals surface area contributed by atoms with Crippen LogP contribution in [-0.2, 0) is 5.60 Å². The SMILES string of the molecule is CC1Nc2ncccc2C1(O)C(F)(F)F. The third kappa shape index (κ3) is 1.21. The monoisotopic (exact) mass is 218 g/mol. The summed E-state index contributed by atoms with van der Waals surface area (Å²) in [5.74, 6) is 0.0878. The van der Waals surface area contributed by atoms with Crippen LogP contribution in [0.1, 0.15) is 12.5 Å². The molecule has 3 nitrogen and oxygen atoms in total. The van der Waals surface area contributed by atoms with Crippen molar-refractivity contribution in [3.63, 3.8) is 0 Å². The maximum atomic E-state index is 12.8. The van der Waals surface area contributed by atoms with Crippen LogP contribution in [0.2, 0.25) is 0 Å². The number of rotatable bonds is 0. The first-order valence-corrected chi connectivity index (χ1v) is 4.38. The van der Waals surface area contributed by atoms with Gasteiger partial charge >= 0.3 is 6.18 Å². The standard InChI is InChI=1S/C9H9F3N2O/c1-5-8(15,9(10,11)12)6-3-2-4-13-7(6)14-5/h2-5,15H,1H3,(H,13,14). The molecule has 1 aliphatic rings.